The second kappa shape index (κ2) is 9.13. The van der Waals surface area contributed by atoms with Gasteiger partial charge in [-0.3, -0.25) is 4.68 Å². The number of anilines is 1. The van der Waals surface area contributed by atoms with Gasteiger partial charge in [-0.15, -0.1) is 0 Å². The first kappa shape index (κ1) is 20.2. The summed E-state index contributed by atoms with van der Waals surface area (Å²) in [6.07, 6.45) is 1.70. The van der Waals surface area contributed by atoms with Crippen LogP contribution in [-0.2, 0) is 13.1 Å². The lowest BCUT2D eigenvalue weighted by molar-refractivity contribution is 0.690. The molecule has 2 aromatic carbocycles. The quantitative estimate of drug-likeness (QED) is 0.457. The Morgan fingerprint density at radius 2 is 1.67 bits per heavy atom. The van der Waals surface area contributed by atoms with Crippen LogP contribution in [-0.4, -0.2) is 14.9 Å². The van der Waals surface area contributed by atoms with Crippen molar-refractivity contribution in [3.8, 4) is 0 Å². The average molecular weight is 460 g/mol. The molecule has 1 heterocycles. The van der Waals surface area contributed by atoms with Crippen LogP contribution < -0.4 is 10.6 Å². The molecule has 4 nitrogen and oxygen atoms in total. The molecule has 3 aromatic rings. The number of hydrogen-bond acceptors (Lipinski definition) is 2. The highest BCUT2D eigenvalue weighted by Gasteiger charge is 2.10. The van der Waals surface area contributed by atoms with E-state index in [1.807, 2.05) is 30.3 Å². The zero-order valence-electron chi connectivity index (χ0n) is 13.8. The van der Waals surface area contributed by atoms with E-state index in [1.54, 1.807) is 23.0 Å². The third kappa shape index (κ3) is 5.74. The molecule has 1 aromatic heterocycles. The Labute approximate surface area is 182 Å². The molecular weight excluding hydrogens is 446 g/mol. The molecule has 140 valence electrons. The fraction of sp³-hybridized carbons (Fsp3) is 0.111. The van der Waals surface area contributed by atoms with Crippen molar-refractivity contribution in [3.05, 3.63) is 79.9 Å². The second-order valence-electron chi connectivity index (χ2n) is 5.69. The number of nitrogens with one attached hydrogen (secondary N) is 2. The molecule has 2 N–H and O–H groups in total. The lowest BCUT2D eigenvalue weighted by atomic mass is 10.2. The summed E-state index contributed by atoms with van der Waals surface area (Å²) in [6, 6.07) is 12.8. The maximum Gasteiger partial charge on any atom is 0.173 e. The monoisotopic (exact) mass is 458 g/mol. The Kier molecular flexibility index (Phi) is 6.84. The summed E-state index contributed by atoms with van der Waals surface area (Å²) in [5.74, 6) is 0.468. The van der Waals surface area contributed by atoms with Gasteiger partial charge in [0.25, 0.3) is 0 Å². The first-order valence-corrected chi connectivity index (χ1v) is 9.79. The summed E-state index contributed by atoms with van der Waals surface area (Å²) >= 11 is 29.6. The number of nitrogens with zero attached hydrogens (tertiary/aromatic N) is 2. The van der Waals surface area contributed by atoms with Crippen molar-refractivity contribution in [3.63, 3.8) is 0 Å². The van der Waals surface area contributed by atoms with Gasteiger partial charge in [-0.1, -0.05) is 64.6 Å². The van der Waals surface area contributed by atoms with Crippen LogP contribution in [0.5, 0.6) is 0 Å². The Hall–Kier alpha value is -1.50. The average Bonchev–Trinajstić information content (AvgIpc) is 2.96. The number of hydrogen-bond donors (Lipinski definition) is 2. The van der Waals surface area contributed by atoms with Crippen LogP contribution in [0, 0.1) is 0 Å². The van der Waals surface area contributed by atoms with Crippen LogP contribution in [0.3, 0.4) is 0 Å². The van der Waals surface area contributed by atoms with Crippen LogP contribution in [0.4, 0.5) is 5.82 Å². The first-order valence-electron chi connectivity index (χ1n) is 7.87. The highest BCUT2D eigenvalue weighted by Crippen LogP contribution is 2.24. The first-order chi connectivity index (χ1) is 12.9. The Bertz CT molecular complexity index is 956. The van der Waals surface area contributed by atoms with Crippen molar-refractivity contribution in [2.45, 2.75) is 13.1 Å². The molecule has 0 aliphatic rings. The zero-order chi connectivity index (χ0) is 19.4. The summed E-state index contributed by atoms with van der Waals surface area (Å²) < 4.78 is 1.68. The van der Waals surface area contributed by atoms with Crippen molar-refractivity contribution in [2.75, 3.05) is 5.32 Å². The van der Waals surface area contributed by atoms with Crippen molar-refractivity contribution >= 4 is 69.6 Å². The molecule has 0 amide bonds. The predicted molar refractivity (Wildman–Crippen MR) is 117 cm³/mol. The second-order valence-corrected chi connectivity index (χ2v) is 7.79. The lowest BCUT2D eigenvalue weighted by Crippen LogP contribution is -2.28. The van der Waals surface area contributed by atoms with E-state index in [2.05, 4.69) is 15.7 Å². The maximum absolute atomic E-state index is 6.25. The highest BCUT2D eigenvalue weighted by atomic mass is 35.5. The van der Waals surface area contributed by atoms with E-state index in [4.69, 9.17) is 58.6 Å². The molecule has 0 aliphatic carbocycles. The third-order valence-electron chi connectivity index (χ3n) is 3.66. The SMILES string of the molecule is S=C(NCc1ccc(Cl)cc1)Nc1nn(Cc2ccc(Cl)cc2Cl)cc1Cl. The van der Waals surface area contributed by atoms with Crippen LogP contribution in [0.2, 0.25) is 20.1 Å². The molecule has 0 fully saturated rings. The molecular formula is C18H14Cl4N4S. The highest BCUT2D eigenvalue weighted by molar-refractivity contribution is 7.80. The lowest BCUT2D eigenvalue weighted by Gasteiger charge is -2.09. The molecule has 9 heteroatoms. The molecule has 27 heavy (non-hydrogen) atoms. The molecule has 0 bridgehead atoms. The summed E-state index contributed by atoms with van der Waals surface area (Å²) in [5, 5.41) is 13.2. The van der Waals surface area contributed by atoms with Crippen molar-refractivity contribution in [1.29, 1.82) is 0 Å². The van der Waals surface area contributed by atoms with Gasteiger partial charge in [0.15, 0.2) is 10.9 Å². The maximum atomic E-state index is 6.25. The summed E-state index contributed by atoms with van der Waals surface area (Å²) in [7, 11) is 0. The molecule has 0 atom stereocenters. The van der Waals surface area contributed by atoms with Gasteiger partial charge in [-0.25, -0.2) is 0 Å². The van der Waals surface area contributed by atoms with E-state index in [-0.39, 0.29) is 0 Å². The van der Waals surface area contributed by atoms with Crippen LogP contribution in [0.15, 0.2) is 48.7 Å². The van der Waals surface area contributed by atoms with Gasteiger partial charge in [0.1, 0.15) is 5.02 Å². The minimum Gasteiger partial charge on any atom is -0.358 e. The molecule has 0 radical (unpaired) electrons. The van der Waals surface area contributed by atoms with E-state index in [1.165, 1.54) is 0 Å². The van der Waals surface area contributed by atoms with Gasteiger partial charge in [0.05, 0.1) is 6.54 Å². The van der Waals surface area contributed by atoms with Crippen molar-refractivity contribution < 1.29 is 0 Å². The van der Waals surface area contributed by atoms with E-state index < -0.39 is 0 Å². The smallest absolute Gasteiger partial charge is 0.173 e. The normalized spacial score (nSPS) is 10.7. The van der Waals surface area contributed by atoms with Gasteiger partial charge in [0, 0.05) is 27.8 Å². The minimum absolute atomic E-state index is 0.418. The number of halogens is 4. The van der Waals surface area contributed by atoms with Crippen LogP contribution >= 0.6 is 58.6 Å². The van der Waals surface area contributed by atoms with Crippen molar-refractivity contribution in [1.82, 2.24) is 15.1 Å². The van der Waals surface area contributed by atoms with Gasteiger partial charge in [-0.2, -0.15) is 5.10 Å². The minimum atomic E-state index is 0.418. The van der Waals surface area contributed by atoms with Gasteiger partial charge in [-0.05, 0) is 47.6 Å². The van der Waals surface area contributed by atoms with Gasteiger partial charge >= 0.3 is 0 Å². The number of thiocarbonyl (C=S) groups is 1. The zero-order valence-corrected chi connectivity index (χ0v) is 17.7. The van der Waals surface area contributed by atoms with E-state index in [0.29, 0.717) is 44.1 Å². The Morgan fingerprint density at radius 3 is 2.37 bits per heavy atom. The van der Waals surface area contributed by atoms with E-state index in [9.17, 15) is 0 Å². The molecule has 0 saturated heterocycles. The van der Waals surface area contributed by atoms with E-state index in [0.717, 1.165) is 11.1 Å². The van der Waals surface area contributed by atoms with Crippen LogP contribution in [0.25, 0.3) is 0 Å². The summed E-state index contributed by atoms with van der Waals surface area (Å²) in [5.41, 5.74) is 1.94. The summed E-state index contributed by atoms with van der Waals surface area (Å²) in [6.45, 7) is 1.02. The molecule has 0 aliphatic heterocycles. The Morgan fingerprint density at radius 1 is 0.963 bits per heavy atom. The number of aromatic nitrogens is 2. The van der Waals surface area contributed by atoms with Gasteiger partial charge in [0.2, 0.25) is 0 Å². The Balaban J connectivity index is 1.60. The third-order valence-corrected chi connectivity index (χ3v) is 5.02. The fourth-order valence-corrected chi connectivity index (χ4v) is 3.28. The molecule has 0 unspecified atom stereocenters. The summed E-state index contributed by atoms with van der Waals surface area (Å²) in [4.78, 5) is 0. The van der Waals surface area contributed by atoms with Crippen LogP contribution in [0.1, 0.15) is 11.1 Å². The standard InChI is InChI=1S/C18H14Cl4N4S/c19-13-4-1-11(2-5-13)8-23-18(27)24-17-16(22)10-26(25-17)9-12-3-6-14(20)7-15(12)21/h1-7,10H,8-9H2,(H2,23,24,25,27). The molecule has 3 rings (SSSR count). The van der Waals surface area contributed by atoms with Crippen molar-refractivity contribution in [2.24, 2.45) is 0 Å². The topological polar surface area (TPSA) is 41.9 Å². The largest absolute Gasteiger partial charge is 0.358 e. The number of benzene rings is 2. The fourth-order valence-electron chi connectivity index (χ4n) is 2.32. The number of rotatable bonds is 5. The van der Waals surface area contributed by atoms with E-state index >= 15 is 0 Å². The molecule has 0 spiro atoms. The van der Waals surface area contributed by atoms with Gasteiger partial charge < -0.3 is 10.6 Å². The predicted octanol–water partition coefficient (Wildman–Crippen LogP) is 6.03. The molecule has 0 saturated carbocycles.